The molecule has 1 heterocycles. The first-order chi connectivity index (χ1) is 13.7. The number of hydrogen-bond donors (Lipinski definition) is 2. The second-order valence-corrected chi connectivity index (χ2v) is 6.96. The lowest BCUT2D eigenvalue weighted by atomic mass is 10.1. The van der Waals surface area contributed by atoms with Gasteiger partial charge in [-0.05, 0) is 30.3 Å². The van der Waals surface area contributed by atoms with Gasteiger partial charge in [-0.25, -0.2) is 4.98 Å². The standard InChI is InChI=1S/C21H19N3O3S/c1-27-13-14-12-15(24-28(25)26)10-11-18(14)23-21-16-6-2-4-8-19(16)22-20-9-5-3-7-17(20)21/h2-12,24H,13H2,1H3,(H,22,23)(H,25,26)/p-1. The van der Waals surface area contributed by atoms with Gasteiger partial charge in [0.15, 0.2) is 0 Å². The molecule has 2 N–H and O–H groups in total. The zero-order chi connectivity index (χ0) is 19.5. The van der Waals surface area contributed by atoms with Crippen LogP contribution >= 0.6 is 0 Å². The summed E-state index contributed by atoms with van der Waals surface area (Å²) in [4.78, 5) is 4.74. The molecular formula is C21H18N3O3S-. The molecular weight excluding hydrogens is 374 g/mol. The Labute approximate surface area is 165 Å². The monoisotopic (exact) mass is 392 g/mol. The van der Waals surface area contributed by atoms with Crippen LogP contribution in [0, 0.1) is 0 Å². The van der Waals surface area contributed by atoms with Crippen molar-refractivity contribution in [3.8, 4) is 0 Å². The van der Waals surface area contributed by atoms with Gasteiger partial charge in [-0.3, -0.25) is 4.21 Å². The highest BCUT2D eigenvalue weighted by molar-refractivity contribution is 7.80. The molecule has 0 spiro atoms. The fraction of sp³-hybridized carbons (Fsp3) is 0.0952. The number of aromatic nitrogens is 1. The molecule has 0 saturated heterocycles. The van der Waals surface area contributed by atoms with Crippen LogP contribution in [0.15, 0.2) is 66.7 Å². The van der Waals surface area contributed by atoms with Crippen LogP contribution in [-0.2, 0) is 22.6 Å². The minimum absolute atomic E-state index is 0.338. The summed E-state index contributed by atoms with van der Waals surface area (Å²) in [5.74, 6) is 0. The smallest absolute Gasteiger partial charge is 0.0734 e. The minimum atomic E-state index is -2.38. The number of ether oxygens (including phenoxy) is 1. The van der Waals surface area contributed by atoms with Crippen LogP contribution in [-0.4, -0.2) is 20.9 Å². The van der Waals surface area contributed by atoms with Crippen LogP contribution in [0.4, 0.5) is 17.1 Å². The van der Waals surface area contributed by atoms with Gasteiger partial charge in [-0.2, -0.15) is 0 Å². The van der Waals surface area contributed by atoms with Crippen molar-refractivity contribution in [2.24, 2.45) is 0 Å². The highest BCUT2D eigenvalue weighted by Crippen LogP contribution is 2.34. The molecule has 142 valence electrons. The van der Waals surface area contributed by atoms with Gasteiger partial charge in [-0.15, -0.1) is 0 Å². The molecule has 0 bridgehead atoms. The number of pyridine rings is 1. The topological polar surface area (TPSA) is 86.3 Å². The Bertz CT molecular complexity index is 1130. The Morgan fingerprint density at radius 2 is 1.64 bits per heavy atom. The highest BCUT2D eigenvalue weighted by atomic mass is 32.2. The summed E-state index contributed by atoms with van der Waals surface area (Å²) < 4.78 is 29.6. The van der Waals surface area contributed by atoms with Crippen LogP contribution in [0.1, 0.15) is 5.56 Å². The number of methoxy groups -OCH3 is 1. The van der Waals surface area contributed by atoms with Crippen molar-refractivity contribution >= 4 is 50.1 Å². The summed E-state index contributed by atoms with van der Waals surface area (Å²) in [7, 11) is 1.60. The van der Waals surface area contributed by atoms with Crippen molar-refractivity contribution in [3.05, 3.63) is 72.3 Å². The number of para-hydroxylation sites is 2. The van der Waals surface area contributed by atoms with E-state index in [1.54, 1.807) is 19.2 Å². The van der Waals surface area contributed by atoms with E-state index >= 15 is 0 Å². The van der Waals surface area contributed by atoms with Crippen LogP contribution in [0.5, 0.6) is 0 Å². The third-order valence-corrected chi connectivity index (χ3v) is 4.86. The lowest BCUT2D eigenvalue weighted by Gasteiger charge is -2.17. The Hall–Kier alpha value is -3.00. The van der Waals surface area contributed by atoms with Crippen LogP contribution in [0.3, 0.4) is 0 Å². The van der Waals surface area contributed by atoms with Crippen molar-refractivity contribution in [1.29, 1.82) is 0 Å². The van der Waals surface area contributed by atoms with Crippen LogP contribution in [0.2, 0.25) is 0 Å². The van der Waals surface area contributed by atoms with Gasteiger partial charge in [0.05, 0.1) is 23.3 Å². The molecule has 28 heavy (non-hydrogen) atoms. The zero-order valence-electron chi connectivity index (χ0n) is 15.1. The summed E-state index contributed by atoms with van der Waals surface area (Å²) in [6.07, 6.45) is 0. The zero-order valence-corrected chi connectivity index (χ0v) is 16.0. The van der Waals surface area contributed by atoms with E-state index in [0.29, 0.717) is 12.3 Å². The second-order valence-electron chi connectivity index (χ2n) is 6.29. The first kappa shape index (κ1) is 18.4. The second kappa shape index (κ2) is 7.93. The van der Waals surface area contributed by atoms with E-state index in [4.69, 9.17) is 9.72 Å². The molecule has 3 aromatic carbocycles. The average molecular weight is 392 g/mol. The maximum absolute atomic E-state index is 10.9. The van der Waals surface area contributed by atoms with Crippen molar-refractivity contribution in [2.75, 3.05) is 17.1 Å². The lowest BCUT2D eigenvalue weighted by molar-refractivity contribution is 0.185. The largest absolute Gasteiger partial charge is 0.755 e. The number of nitrogens with one attached hydrogen (secondary N) is 2. The van der Waals surface area contributed by atoms with Gasteiger partial charge in [0, 0.05) is 46.1 Å². The van der Waals surface area contributed by atoms with E-state index in [1.165, 1.54) is 0 Å². The van der Waals surface area contributed by atoms with Crippen molar-refractivity contribution in [3.63, 3.8) is 0 Å². The van der Waals surface area contributed by atoms with Crippen molar-refractivity contribution < 1.29 is 13.5 Å². The molecule has 4 rings (SSSR count). The number of anilines is 3. The highest BCUT2D eigenvalue weighted by Gasteiger charge is 2.11. The van der Waals surface area contributed by atoms with E-state index in [2.05, 4.69) is 10.0 Å². The van der Waals surface area contributed by atoms with E-state index in [9.17, 15) is 8.76 Å². The van der Waals surface area contributed by atoms with Gasteiger partial charge in [0.2, 0.25) is 0 Å². The SMILES string of the molecule is COCc1cc(NS(=O)[O-])ccc1Nc1c2ccccc2nc2ccccc12. The van der Waals surface area contributed by atoms with E-state index in [1.807, 2.05) is 54.6 Å². The molecule has 0 amide bonds. The molecule has 0 aliphatic heterocycles. The molecule has 0 radical (unpaired) electrons. The van der Waals surface area contributed by atoms with Crippen molar-refractivity contribution in [2.45, 2.75) is 6.61 Å². The summed E-state index contributed by atoms with van der Waals surface area (Å²) in [5.41, 5.74) is 4.91. The molecule has 0 fully saturated rings. The van der Waals surface area contributed by atoms with Gasteiger partial charge >= 0.3 is 0 Å². The van der Waals surface area contributed by atoms with Gasteiger partial charge in [-0.1, -0.05) is 36.4 Å². The normalized spacial score (nSPS) is 12.2. The minimum Gasteiger partial charge on any atom is -0.755 e. The lowest BCUT2D eigenvalue weighted by Crippen LogP contribution is -2.05. The van der Waals surface area contributed by atoms with Crippen molar-refractivity contribution in [1.82, 2.24) is 4.98 Å². The van der Waals surface area contributed by atoms with E-state index in [-0.39, 0.29) is 0 Å². The molecule has 1 aromatic heterocycles. The number of benzene rings is 3. The predicted octanol–water partition coefficient (Wildman–Crippen LogP) is 4.48. The fourth-order valence-electron chi connectivity index (χ4n) is 3.26. The Balaban J connectivity index is 1.86. The molecule has 6 nitrogen and oxygen atoms in total. The molecule has 1 atom stereocenters. The summed E-state index contributed by atoms with van der Waals surface area (Å²) in [5, 5.41) is 5.54. The summed E-state index contributed by atoms with van der Waals surface area (Å²) in [6.45, 7) is 0.338. The maximum atomic E-state index is 10.9. The quantitative estimate of drug-likeness (QED) is 0.373. The van der Waals surface area contributed by atoms with Crippen LogP contribution in [0.25, 0.3) is 21.8 Å². The Kier molecular flexibility index (Phi) is 5.21. The fourth-order valence-corrected chi connectivity index (χ4v) is 3.58. The number of hydrogen-bond acceptors (Lipinski definition) is 5. The maximum Gasteiger partial charge on any atom is 0.0734 e. The van der Waals surface area contributed by atoms with Crippen LogP contribution < -0.4 is 10.0 Å². The Morgan fingerprint density at radius 3 is 2.25 bits per heavy atom. The number of fused-ring (bicyclic) bond motifs is 2. The molecule has 4 aromatic rings. The molecule has 7 heteroatoms. The van der Waals surface area contributed by atoms with Gasteiger partial charge < -0.3 is 19.3 Å². The molecule has 0 aliphatic carbocycles. The first-order valence-corrected chi connectivity index (χ1v) is 9.75. The summed E-state index contributed by atoms with van der Waals surface area (Å²) in [6, 6.07) is 21.2. The summed E-state index contributed by atoms with van der Waals surface area (Å²) >= 11 is -2.38. The third kappa shape index (κ3) is 3.68. The average Bonchev–Trinajstić information content (AvgIpc) is 2.69. The Morgan fingerprint density at radius 1 is 1.00 bits per heavy atom. The molecule has 0 aliphatic rings. The molecule has 1 unspecified atom stereocenters. The number of rotatable bonds is 6. The van der Waals surface area contributed by atoms with Gasteiger partial charge in [0.1, 0.15) is 0 Å². The van der Waals surface area contributed by atoms with E-state index in [0.717, 1.165) is 38.7 Å². The first-order valence-electron chi connectivity index (χ1n) is 8.68. The van der Waals surface area contributed by atoms with E-state index < -0.39 is 11.3 Å². The number of nitrogens with zero attached hydrogens (tertiary/aromatic N) is 1. The van der Waals surface area contributed by atoms with Gasteiger partial charge in [0.25, 0.3) is 0 Å². The third-order valence-electron chi connectivity index (χ3n) is 4.45. The molecule has 0 saturated carbocycles. The predicted molar refractivity (Wildman–Crippen MR) is 112 cm³/mol.